The molecule has 2 fully saturated rings. The Bertz CT molecular complexity index is 215. The lowest BCUT2D eigenvalue weighted by molar-refractivity contribution is -0.126. The van der Waals surface area contributed by atoms with Crippen molar-refractivity contribution >= 4 is 5.91 Å². The Kier molecular flexibility index (Phi) is 2.74. The minimum absolute atomic E-state index is 0.0287. The molecule has 1 aliphatic carbocycles. The monoisotopic (exact) mass is 198 g/mol. The van der Waals surface area contributed by atoms with Gasteiger partial charge in [0.2, 0.25) is 5.91 Å². The van der Waals surface area contributed by atoms with E-state index in [1.807, 2.05) is 0 Å². The second-order valence-electron chi connectivity index (χ2n) is 4.43. The first-order chi connectivity index (χ1) is 6.76. The Labute approximate surface area is 84.1 Å². The van der Waals surface area contributed by atoms with E-state index >= 15 is 0 Å². The summed E-state index contributed by atoms with van der Waals surface area (Å²) in [4.78, 5) is 11.7. The molecule has 4 heteroatoms. The summed E-state index contributed by atoms with van der Waals surface area (Å²) in [5.74, 6) is 0.0660. The SMILES string of the molecule is O=C(NC1(CO)CCC1)C1CCCN1. The minimum Gasteiger partial charge on any atom is -0.394 e. The Morgan fingerprint density at radius 3 is 2.71 bits per heavy atom. The van der Waals surface area contributed by atoms with Crippen LogP contribution in [0.1, 0.15) is 32.1 Å². The van der Waals surface area contributed by atoms with Gasteiger partial charge in [-0.1, -0.05) is 0 Å². The highest BCUT2D eigenvalue weighted by Crippen LogP contribution is 2.31. The van der Waals surface area contributed by atoms with E-state index in [0.717, 1.165) is 38.6 Å². The maximum Gasteiger partial charge on any atom is 0.237 e. The number of hydrogen-bond donors (Lipinski definition) is 3. The molecule has 0 aromatic carbocycles. The predicted molar refractivity (Wildman–Crippen MR) is 52.8 cm³/mol. The van der Waals surface area contributed by atoms with Gasteiger partial charge in [-0.05, 0) is 38.6 Å². The summed E-state index contributed by atoms with van der Waals surface area (Å²) in [5.41, 5.74) is -0.290. The summed E-state index contributed by atoms with van der Waals surface area (Å²) in [6.07, 6.45) is 4.94. The topological polar surface area (TPSA) is 61.4 Å². The van der Waals surface area contributed by atoms with Gasteiger partial charge in [0.15, 0.2) is 0 Å². The van der Waals surface area contributed by atoms with Gasteiger partial charge in [-0.25, -0.2) is 0 Å². The van der Waals surface area contributed by atoms with Crippen LogP contribution in [0.4, 0.5) is 0 Å². The van der Waals surface area contributed by atoms with Crippen LogP contribution in [0.15, 0.2) is 0 Å². The lowest BCUT2D eigenvalue weighted by Gasteiger charge is -2.41. The second kappa shape index (κ2) is 3.87. The molecule has 2 aliphatic rings. The van der Waals surface area contributed by atoms with Crippen molar-refractivity contribution in [3.8, 4) is 0 Å². The Hall–Kier alpha value is -0.610. The van der Waals surface area contributed by atoms with Gasteiger partial charge >= 0.3 is 0 Å². The summed E-state index contributed by atoms with van der Waals surface area (Å²) >= 11 is 0. The molecule has 1 unspecified atom stereocenters. The molecule has 1 atom stereocenters. The molecule has 0 aromatic rings. The van der Waals surface area contributed by atoms with Gasteiger partial charge in [0.05, 0.1) is 18.2 Å². The van der Waals surface area contributed by atoms with Gasteiger partial charge in [0.1, 0.15) is 0 Å². The van der Waals surface area contributed by atoms with Crippen molar-refractivity contribution in [1.29, 1.82) is 0 Å². The highest BCUT2D eigenvalue weighted by Gasteiger charge is 2.39. The lowest BCUT2D eigenvalue weighted by Crippen LogP contribution is -2.59. The highest BCUT2D eigenvalue weighted by molar-refractivity contribution is 5.82. The zero-order valence-corrected chi connectivity index (χ0v) is 8.38. The quantitative estimate of drug-likeness (QED) is 0.587. The van der Waals surface area contributed by atoms with Gasteiger partial charge in [-0.15, -0.1) is 0 Å². The van der Waals surface area contributed by atoms with Crippen molar-refractivity contribution < 1.29 is 9.90 Å². The number of amides is 1. The fourth-order valence-electron chi connectivity index (χ4n) is 2.18. The van der Waals surface area contributed by atoms with Crippen LogP contribution in [0, 0.1) is 0 Å². The molecule has 1 heterocycles. The van der Waals surface area contributed by atoms with E-state index in [2.05, 4.69) is 10.6 Å². The third kappa shape index (κ3) is 1.77. The normalized spacial score (nSPS) is 29.6. The molecule has 3 N–H and O–H groups in total. The minimum atomic E-state index is -0.290. The molecular formula is C10H18N2O2. The van der Waals surface area contributed by atoms with E-state index in [0.29, 0.717) is 0 Å². The van der Waals surface area contributed by atoms with E-state index in [1.165, 1.54) is 0 Å². The fraction of sp³-hybridized carbons (Fsp3) is 0.900. The van der Waals surface area contributed by atoms with Crippen molar-refractivity contribution in [3.05, 3.63) is 0 Å². The van der Waals surface area contributed by atoms with Crippen molar-refractivity contribution in [1.82, 2.24) is 10.6 Å². The van der Waals surface area contributed by atoms with Gasteiger partial charge in [-0.3, -0.25) is 4.79 Å². The van der Waals surface area contributed by atoms with Crippen LogP contribution < -0.4 is 10.6 Å². The summed E-state index contributed by atoms with van der Waals surface area (Å²) < 4.78 is 0. The van der Waals surface area contributed by atoms with Crippen molar-refractivity contribution in [2.45, 2.75) is 43.7 Å². The number of rotatable bonds is 3. The number of carbonyl (C=O) groups is 1. The van der Waals surface area contributed by atoms with Crippen LogP contribution in [-0.4, -0.2) is 35.7 Å². The number of carbonyl (C=O) groups excluding carboxylic acids is 1. The molecule has 1 amide bonds. The van der Waals surface area contributed by atoms with E-state index in [9.17, 15) is 9.90 Å². The number of aliphatic hydroxyl groups excluding tert-OH is 1. The summed E-state index contributed by atoms with van der Waals surface area (Å²) in [6.45, 7) is 1.01. The lowest BCUT2D eigenvalue weighted by atomic mass is 9.77. The zero-order valence-electron chi connectivity index (χ0n) is 8.38. The standard InChI is InChI=1S/C10H18N2O2/c13-7-10(4-2-5-10)12-9(14)8-3-1-6-11-8/h8,11,13H,1-7H2,(H,12,14). The number of hydrogen-bond acceptors (Lipinski definition) is 3. The molecule has 2 rings (SSSR count). The van der Waals surface area contributed by atoms with Gasteiger partial charge in [0.25, 0.3) is 0 Å². The average molecular weight is 198 g/mol. The third-order valence-corrected chi connectivity index (χ3v) is 3.38. The van der Waals surface area contributed by atoms with E-state index in [4.69, 9.17) is 0 Å². The Morgan fingerprint density at radius 2 is 2.29 bits per heavy atom. The highest BCUT2D eigenvalue weighted by atomic mass is 16.3. The first-order valence-corrected chi connectivity index (χ1v) is 5.42. The number of aliphatic hydroxyl groups is 1. The van der Waals surface area contributed by atoms with Crippen LogP contribution >= 0.6 is 0 Å². The van der Waals surface area contributed by atoms with Crippen molar-refractivity contribution in [3.63, 3.8) is 0 Å². The summed E-state index contributed by atoms with van der Waals surface area (Å²) in [7, 11) is 0. The van der Waals surface area contributed by atoms with Crippen LogP contribution in [0.25, 0.3) is 0 Å². The Balaban J connectivity index is 1.86. The number of nitrogens with one attached hydrogen (secondary N) is 2. The Morgan fingerprint density at radius 1 is 1.50 bits per heavy atom. The fourth-order valence-corrected chi connectivity index (χ4v) is 2.18. The smallest absolute Gasteiger partial charge is 0.237 e. The van der Waals surface area contributed by atoms with Gasteiger partial charge < -0.3 is 15.7 Å². The average Bonchev–Trinajstić information content (AvgIpc) is 2.63. The molecule has 80 valence electrons. The summed E-state index contributed by atoms with van der Waals surface area (Å²) in [6, 6.07) is -0.0287. The molecule has 0 aromatic heterocycles. The van der Waals surface area contributed by atoms with Crippen LogP contribution in [0.2, 0.25) is 0 Å². The van der Waals surface area contributed by atoms with E-state index < -0.39 is 0 Å². The summed E-state index contributed by atoms with van der Waals surface area (Å²) in [5, 5.41) is 15.3. The largest absolute Gasteiger partial charge is 0.394 e. The molecular weight excluding hydrogens is 180 g/mol. The van der Waals surface area contributed by atoms with Gasteiger partial charge in [-0.2, -0.15) is 0 Å². The van der Waals surface area contributed by atoms with E-state index in [-0.39, 0.29) is 24.1 Å². The molecule has 1 saturated carbocycles. The third-order valence-electron chi connectivity index (χ3n) is 3.38. The first kappa shape index (κ1) is 9.93. The predicted octanol–water partition coefficient (Wildman–Crippen LogP) is -0.230. The second-order valence-corrected chi connectivity index (χ2v) is 4.43. The molecule has 1 aliphatic heterocycles. The van der Waals surface area contributed by atoms with Crippen LogP contribution in [0.5, 0.6) is 0 Å². The molecule has 0 spiro atoms. The molecule has 14 heavy (non-hydrogen) atoms. The molecule has 0 bridgehead atoms. The van der Waals surface area contributed by atoms with Gasteiger partial charge in [0, 0.05) is 0 Å². The van der Waals surface area contributed by atoms with Crippen molar-refractivity contribution in [2.24, 2.45) is 0 Å². The maximum atomic E-state index is 11.7. The van der Waals surface area contributed by atoms with E-state index in [1.54, 1.807) is 0 Å². The first-order valence-electron chi connectivity index (χ1n) is 5.42. The van der Waals surface area contributed by atoms with Crippen molar-refractivity contribution in [2.75, 3.05) is 13.2 Å². The maximum absolute atomic E-state index is 11.7. The molecule has 1 saturated heterocycles. The van der Waals surface area contributed by atoms with Crippen LogP contribution in [-0.2, 0) is 4.79 Å². The zero-order chi connectivity index (χ0) is 10.0. The molecule has 0 radical (unpaired) electrons. The van der Waals surface area contributed by atoms with Crippen LogP contribution in [0.3, 0.4) is 0 Å². The molecule has 4 nitrogen and oxygen atoms in total.